The predicted octanol–water partition coefficient (Wildman–Crippen LogP) is 3.29. The highest BCUT2D eigenvalue weighted by atomic mass is 16.5. The SMILES string of the molecule is COc1ccccc1NC(=O)CN(C(C)=O)c1ccc(N2CCCC2)cc1. The Balaban J connectivity index is 1.70. The first-order valence-corrected chi connectivity index (χ1v) is 9.14. The monoisotopic (exact) mass is 367 g/mol. The molecule has 2 aromatic rings. The molecule has 1 N–H and O–H groups in total. The highest BCUT2D eigenvalue weighted by Gasteiger charge is 2.18. The van der Waals surface area contributed by atoms with Crippen molar-refractivity contribution < 1.29 is 14.3 Å². The summed E-state index contributed by atoms with van der Waals surface area (Å²) in [4.78, 5) is 28.4. The Morgan fingerprint density at radius 2 is 1.74 bits per heavy atom. The molecule has 1 heterocycles. The van der Waals surface area contributed by atoms with Gasteiger partial charge >= 0.3 is 0 Å². The minimum atomic E-state index is -0.279. The average molecular weight is 367 g/mol. The standard InChI is InChI=1S/C21H25N3O3/c1-16(25)24(15-21(26)22-19-7-3-4-8-20(19)27-2)18-11-9-17(10-12-18)23-13-5-6-14-23/h3-4,7-12H,5-6,13-15H2,1-2H3,(H,22,26). The summed E-state index contributed by atoms with van der Waals surface area (Å²) >= 11 is 0. The van der Waals surface area contributed by atoms with E-state index in [2.05, 4.69) is 10.2 Å². The second-order valence-corrected chi connectivity index (χ2v) is 6.56. The van der Waals surface area contributed by atoms with Crippen LogP contribution in [-0.2, 0) is 9.59 Å². The number of benzene rings is 2. The topological polar surface area (TPSA) is 61.9 Å². The first kappa shape index (κ1) is 18.8. The molecule has 27 heavy (non-hydrogen) atoms. The molecule has 1 saturated heterocycles. The summed E-state index contributed by atoms with van der Waals surface area (Å²) in [6.07, 6.45) is 2.43. The Bertz CT molecular complexity index is 799. The smallest absolute Gasteiger partial charge is 0.244 e. The zero-order chi connectivity index (χ0) is 19.2. The minimum absolute atomic E-state index is 0.0591. The minimum Gasteiger partial charge on any atom is -0.495 e. The number of hydrogen-bond acceptors (Lipinski definition) is 4. The fourth-order valence-corrected chi connectivity index (χ4v) is 3.28. The van der Waals surface area contributed by atoms with Crippen LogP contribution in [0, 0.1) is 0 Å². The Labute approximate surface area is 159 Å². The van der Waals surface area contributed by atoms with Gasteiger partial charge in [-0.15, -0.1) is 0 Å². The second-order valence-electron chi connectivity index (χ2n) is 6.56. The lowest BCUT2D eigenvalue weighted by molar-refractivity contribution is -0.120. The number of carbonyl (C=O) groups is 2. The van der Waals surface area contributed by atoms with Crippen LogP contribution in [0.25, 0.3) is 0 Å². The van der Waals surface area contributed by atoms with Gasteiger partial charge in [-0.2, -0.15) is 0 Å². The second kappa shape index (κ2) is 8.58. The molecule has 0 aromatic heterocycles. The predicted molar refractivity (Wildman–Crippen MR) is 108 cm³/mol. The quantitative estimate of drug-likeness (QED) is 0.851. The Morgan fingerprint density at radius 1 is 1.07 bits per heavy atom. The Morgan fingerprint density at radius 3 is 2.37 bits per heavy atom. The molecule has 0 spiro atoms. The van der Waals surface area contributed by atoms with Crippen LogP contribution in [0.4, 0.5) is 17.1 Å². The number of methoxy groups -OCH3 is 1. The van der Waals surface area contributed by atoms with Gasteiger partial charge in [-0.05, 0) is 49.2 Å². The molecule has 0 atom stereocenters. The van der Waals surface area contributed by atoms with Crippen molar-refractivity contribution in [2.24, 2.45) is 0 Å². The number of carbonyl (C=O) groups excluding carboxylic acids is 2. The molecule has 2 amide bonds. The van der Waals surface area contributed by atoms with E-state index in [1.807, 2.05) is 36.4 Å². The largest absolute Gasteiger partial charge is 0.495 e. The summed E-state index contributed by atoms with van der Waals surface area (Å²) in [6, 6.07) is 15.0. The van der Waals surface area contributed by atoms with Crippen molar-refractivity contribution in [3.8, 4) is 5.75 Å². The van der Waals surface area contributed by atoms with Crippen LogP contribution in [0.2, 0.25) is 0 Å². The number of rotatable bonds is 6. The van der Waals surface area contributed by atoms with E-state index >= 15 is 0 Å². The molecule has 2 aromatic carbocycles. The highest BCUT2D eigenvalue weighted by molar-refractivity contribution is 6.02. The Kier molecular flexibility index (Phi) is 5.96. The normalized spacial score (nSPS) is 13.3. The fourth-order valence-electron chi connectivity index (χ4n) is 3.28. The molecule has 6 nitrogen and oxygen atoms in total. The maximum atomic E-state index is 12.5. The first-order chi connectivity index (χ1) is 13.1. The number of nitrogens with one attached hydrogen (secondary N) is 1. The lowest BCUT2D eigenvalue weighted by Gasteiger charge is -2.23. The van der Waals surface area contributed by atoms with E-state index in [1.54, 1.807) is 19.2 Å². The summed E-state index contributed by atoms with van der Waals surface area (Å²) < 4.78 is 5.25. The van der Waals surface area contributed by atoms with Crippen molar-refractivity contribution in [2.45, 2.75) is 19.8 Å². The number of anilines is 3. The maximum Gasteiger partial charge on any atom is 0.244 e. The number of amides is 2. The summed E-state index contributed by atoms with van der Waals surface area (Å²) in [7, 11) is 1.55. The van der Waals surface area contributed by atoms with Crippen LogP contribution in [0.5, 0.6) is 5.75 Å². The van der Waals surface area contributed by atoms with Crippen molar-refractivity contribution in [3.63, 3.8) is 0 Å². The van der Waals surface area contributed by atoms with Crippen molar-refractivity contribution in [3.05, 3.63) is 48.5 Å². The zero-order valence-corrected chi connectivity index (χ0v) is 15.8. The molecule has 142 valence electrons. The third-order valence-electron chi connectivity index (χ3n) is 4.70. The average Bonchev–Trinajstić information content (AvgIpc) is 3.21. The molecule has 3 rings (SSSR count). The molecule has 0 aliphatic carbocycles. The van der Waals surface area contributed by atoms with Crippen LogP contribution in [-0.4, -0.2) is 38.6 Å². The van der Waals surface area contributed by atoms with Gasteiger partial charge in [-0.3, -0.25) is 9.59 Å². The lowest BCUT2D eigenvalue weighted by atomic mass is 10.2. The van der Waals surface area contributed by atoms with Crippen LogP contribution < -0.4 is 19.9 Å². The van der Waals surface area contributed by atoms with Crippen LogP contribution >= 0.6 is 0 Å². The van der Waals surface area contributed by atoms with Gasteiger partial charge in [0, 0.05) is 31.4 Å². The summed E-state index contributed by atoms with van der Waals surface area (Å²) in [5, 5.41) is 2.81. The molecule has 0 radical (unpaired) electrons. The molecular weight excluding hydrogens is 342 g/mol. The van der Waals surface area contributed by atoms with E-state index in [0.29, 0.717) is 17.1 Å². The summed E-state index contributed by atoms with van der Waals surface area (Å²) in [5.74, 6) is 0.118. The zero-order valence-electron chi connectivity index (χ0n) is 15.8. The van der Waals surface area contributed by atoms with Gasteiger partial charge in [0.25, 0.3) is 0 Å². The number of nitrogens with zero attached hydrogens (tertiary/aromatic N) is 2. The third-order valence-corrected chi connectivity index (χ3v) is 4.70. The van der Waals surface area contributed by atoms with E-state index in [4.69, 9.17) is 4.74 Å². The number of para-hydroxylation sites is 2. The molecule has 6 heteroatoms. The van der Waals surface area contributed by atoms with Crippen LogP contribution in [0.1, 0.15) is 19.8 Å². The van der Waals surface area contributed by atoms with Gasteiger partial charge in [0.05, 0.1) is 12.8 Å². The maximum absolute atomic E-state index is 12.5. The van der Waals surface area contributed by atoms with Gasteiger partial charge in [0.15, 0.2) is 0 Å². The van der Waals surface area contributed by atoms with Gasteiger partial charge < -0.3 is 19.9 Å². The van der Waals surface area contributed by atoms with Gasteiger partial charge in [-0.25, -0.2) is 0 Å². The van der Waals surface area contributed by atoms with Crippen molar-refractivity contribution >= 4 is 28.9 Å². The molecule has 1 aliphatic rings. The van der Waals surface area contributed by atoms with E-state index in [-0.39, 0.29) is 18.4 Å². The third kappa shape index (κ3) is 4.58. The van der Waals surface area contributed by atoms with E-state index in [9.17, 15) is 9.59 Å². The van der Waals surface area contributed by atoms with Crippen LogP contribution in [0.3, 0.4) is 0 Å². The molecule has 1 fully saturated rings. The number of hydrogen-bond donors (Lipinski definition) is 1. The van der Waals surface area contributed by atoms with Crippen molar-refractivity contribution in [2.75, 3.05) is 41.9 Å². The summed E-state index contributed by atoms with van der Waals surface area (Å²) in [6.45, 7) is 3.54. The first-order valence-electron chi connectivity index (χ1n) is 9.14. The number of ether oxygens (including phenoxy) is 1. The van der Waals surface area contributed by atoms with Crippen molar-refractivity contribution in [1.82, 2.24) is 0 Å². The van der Waals surface area contributed by atoms with Crippen LogP contribution in [0.15, 0.2) is 48.5 Å². The van der Waals surface area contributed by atoms with E-state index in [1.165, 1.54) is 24.7 Å². The molecule has 1 aliphatic heterocycles. The highest BCUT2D eigenvalue weighted by Crippen LogP contribution is 2.25. The summed E-state index contributed by atoms with van der Waals surface area (Å²) in [5.41, 5.74) is 2.44. The molecule has 0 bridgehead atoms. The fraction of sp³-hybridized carbons (Fsp3) is 0.333. The van der Waals surface area contributed by atoms with Gasteiger partial charge in [-0.1, -0.05) is 12.1 Å². The van der Waals surface area contributed by atoms with E-state index in [0.717, 1.165) is 18.8 Å². The molecular formula is C21H25N3O3. The molecule has 0 unspecified atom stereocenters. The lowest BCUT2D eigenvalue weighted by Crippen LogP contribution is -2.36. The van der Waals surface area contributed by atoms with Gasteiger partial charge in [0.1, 0.15) is 12.3 Å². The van der Waals surface area contributed by atoms with E-state index < -0.39 is 0 Å². The molecule has 0 saturated carbocycles. The van der Waals surface area contributed by atoms with Gasteiger partial charge in [0.2, 0.25) is 11.8 Å². The van der Waals surface area contributed by atoms with Crippen molar-refractivity contribution in [1.29, 1.82) is 0 Å². The Hall–Kier alpha value is -3.02.